The third-order valence-corrected chi connectivity index (χ3v) is 5.83. The Morgan fingerprint density at radius 2 is 2.08 bits per heavy atom. The molecule has 26 heavy (non-hydrogen) atoms. The lowest BCUT2D eigenvalue weighted by molar-refractivity contribution is -0.141. The smallest absolute Gasteiger partial charge is 0.306 e. The Balaban J connectivity index is 2.31. The first kappa shape index (κ1) is 20.1. The number of aliphatic carboxylic acids is 1. The first-order valence-corrected chi connectivity index (χ1v) is 9.34. The maximum absolute atomic E-state index is 12.8. The maximum Gasteiger partial charge on any atom is 0.306 e. The van der Waals surface area contributed by atoms with E-state index in [0.717, 1.165) is 4.31 Å². The molecule has 0 radical (unpaired) electrons. The predicted octanol–water partition coefficient (Wildman–Crippen LogP) is 0.261. The molecule has 1 aromatic rings. The number of carboxylic acid groups (broad SMARTS) is 1. The second kappa shape index (κ2) is 8.02. The average Bonchev–Trinajstić information content (AvgIpc) is 2.60. The van der Waals surface area contributed by atoms with Crippen molar-refractivity contribution in [2.45, 2.75) is 17.4 Å². The molecule has 1 heterocycles. The van der Waals surface area contributed by atoms with Gasteiger partial charge in [0.15, 0.2) is 0 Å². The van der Waals surface area contributed by atoms with Gasteiger partial charge in [-0.2, -0.15) is 0 Å². The quantitative estimate of drug-likeness (QED) is 0.746. The SMILES string of the molecule is COc1ccc(C(=O)N2CCOC(CC(=O)O)C2)cc1S(=O)(=O)N(C)C. The topological polar surface area (TPSA) is 113 Å². The van der Waals surface area contributed by atoms with E-state index >= 15 is 0 Å². The fourth-order valence-electron chi connectivity index (χ4n) is 2.61. The molecule has 1 aromatic carbocycles. The van der Waals surface area contributed by atoms with Gasteiger partial charge < -0.3 is 19.5 Å². The van der Waals surface area contributed by atoms with Crippen LogP contribution in [-0.4, -0.2) is 81.6 Å². The zero-order valence-electron chi connectivity index (χ0n) is 14.8. The molecule has 1 aliphatic rings. The fraction of sp³-hybridized carbons (Fsp3) is 0.500. The third-order valence-electron chi connectivity index (χ3n) is 4.00. The van der Waals surface area contributed by atoms with Gasteiger partial charge in [-0.15, -0.1) is 0 Å². The monoisotopic (exact) mass is 386 g/mol. The van der Waals surface area contributed by atoms with E-state index in [1.165, 1.54) is 44.3 Å². The van der Waals surface area contributed by atoms with Crippen molar-refractivity contribution in [3.63, 3.8) is 0 Å². The number of carbonyl (C=O) groups is 2. The Hall–Kier alpha value is -2.17. The molecule has 1 amide bonds. The summed E-state index contributed by atoms with van der Waals surface area (Å²) in [6.07, 6.45) is -0.791. The highest BCUT2D eigenvalue weighted by atomic mass is 32.2. The Morgan fingerprint density at radius 1 is 1.38 bits per heavy atom. The van der Waals surface area contributed by atoms with Crippen molar-refractivity contribution in [3.8, 4) is 5.75 Å². The summed E-state index contributed by atoms with van der Waals surface area (Å²) in [6.45, 7) is 0.659. The van der Waals surface area contributed by atoms with Gasteiger partial charge in [0.2, 0.25) is 10.0 Å². The van der Waals surface area contributed by atoms with E-state index in [1.807, 2.05) is 0 Å². The van der Waals surface area contributed by atoms with E-state index in [0.29, 0.717) is 6.54 Å². The van der Waals surface area contributed by atoms with Gasteiger partial charge >= 0.3 is 5.97 Å². The Morgan fingerprint density at radius 3 is 2.65 bits per heavy atom. The van der Waals surface area contributed by atoms with Crippen LogP contribution in [0.4, 0.5) is 0 Å². The molecule has 10 heteroatoms. The van der Waals surface area contributed by atoms with Gasteiger partial charge in [-0.05, 0) is 18.2 Å². The van der Waals surface area contributed by atoms with Crippen LogP contribution in [0, 0.1) is 0 Å². The van der Waals surface area contributed by atoms with Gasteiger partial charge in [-0.25, -0.2) is 12.7 Å². The van der Waals surface area contributed by atoms with Crippen molar-refractivity contribution in [3.05, 3.63) is 23.8 Å². The third kappa shape index (κ3) is 4.32. The summed E-state index contributed by atoms with van der Waals surface area (Å²) in [5, 5.41) is 8.87. The van der Waals surface area contributed by atoms with Crippen LogP contribution in [0.25, 0.3) is 0 Å². The normalized spacial score (nSPS) is 18.0. The van der Waals surface area contributed by atoms with Gasteiger partial charge in [-0.3, -0.25) is 9.59 Å². The van der Waals surface area contributed by atoms with Crippen LogP contribution in [0.5, 0.6) is 5.75 Å². The highest BCUT2D eigenvalue weighted by molar-refractivity contribution is 7.89. The minimum atomic E-state index is -3.80. The number of hydrogen-bond donors (Lipinski definition) is 1. The first-order valence-electron chi connectivity index (χ1n) is 7.90. The van der Waals surface area contributed by atoms with Gasteiger partial charge in [0.1, 0.15) is 10.6 Å². The standard InChI is InChI=1S/C16H22N2O7S/c1-17(2)26(22,23)14-8-11(4-5-13(14)24-3)16(21)18-6-7-25-12(10-18)9-15(19)20/h4-5,8,12H,6-7,9-10H2,1-3H3,(H,19,20). The second-order valence-electron chi connectivity index (χ2n) is 5.99. The second-order valence-corrected chi connectivity index (χ2v) is 8.12. The highest BCUT2D eigenvalue weighted by Gasteiger charge is 2.29. The molecule has 0 aromatic heterocycles. The molecule has 0 saturated carbocycles. The summed E-state index contributed by atoms with van der Waals surface area (Å²) >= 11 is 0. The van der Waals surface area contributed by atoms with Gasteiger partial charge in [0.05, 0.1) is 26.2 Å². The molecule has 1 unspecified atom stereocenters. The lowest BCUT2D eigenvalue weighted by Crippen LogP contribution is -2.46. The Labute approximate surface area is 152 Å². The summed E-state index contributed by atoms with van der Waals surface area (Å²) in [5.41, 5.74) is 0.183. The number of carboxylic acids is 1. The van der Waals surface area contributed by atoms with Crippen LogP contribution in [0.2, 0.25) is 0 Å². The van der Waals surface area contributed by atoms with Crippen LogP contribution in [0.1, 0.15) is 16.8 Å². The zero-order valence-corrected chi connectivity index (χ0v) is 15.7. The van der Waals surface area contributed by atoms with Crippen molar-refractivity contribution >= 4 is 21.9 Å². The number of hydrogen-bond acceptors (Lipinski definition) is 6. The lowest BCUT2D eigenvalue weighted by Gasteiger charge is -2.32. The van der Waals surface area contributed by atoms with Crippen molar-refractivity contribution in [2.24, 2.45) is 0 Å². The molecule has 1 atom stereocenters. The molecule has 2 rings (SSSR count). The summed E-state index contributed by atoms with van der Waals surface area (Å²) in [7, 11) is 0.335. The number of carbonyl (C=O) groups excluding carboxylic acids is 1. The van der Waals surface area contributed by atoms with Crippen molar-refractivity contribution in [1.82, 2.24) is 9.21 Å². The Bertz CT molecular complexity index is 792. The molecular weight excluding hydrogens is 364 g/mol. The first-order chi connectivity index (χ1) is 12.2. The van der Waals surface area contributed by atoms with E-state index in [-0.39, 0.29) is 41.7 Å². The van der Waals surface area contributed by atoms with E-state index in [4.69, 9.17) is 14.6 Å². The fourth-order valence-corrected chi connectivity index (χ4v) is 3.69. The lowest BCUT2D eigenvalue weighted by atomic mass is 10.1. The number of ether oxygens (including phenoxy) is 2. The molecule has 0 bridgehead atoms. The van der Waals surface area contributed by atoms with Crippen molar-refractivity contribution in [1.29, 1.82) is 0 Å². The maximum atomic E-state index is 12.8. The van der Waals surface area contributed by atoms with Crippen LogP contribution in [0.3, 0.4) is 0 Å². The van der Waals surface area contributed by atoms with Crippen LogP contribution in [0.15, 0.2) is 23.1 Å². The number of morpholine rings is 1. The van der Waals surface area contributed by atoms with Gasteiger partial charge in [0.25, 0.3) is 5.91 Å². The van der Waals surface area contributed by atoms with Crippen molar-refractivity contribution < 1.29 is 32.6 Å². The van der Waals surface area contributed by atoms with Gasteiger partial charge in [0, 0.05) is 32.7 Å². The van der Waals surface area contributed by atoms with Gasteiger partial charge in [-0.1, -0.05) is 0 Å². The predicted molar refractivity (Wildman–Crippen MR) is 91.8 cm³/mol. The summed E-state index contributed by atoms with van der Waals surface area (Å²) in [5.74, 6) is -1.25. The molecule has 1 fully saturated rings. The number of amides is 1. The molecular formula is C16H22N2O7S. The molecule has 1 N–H and O–H groups in total. The largest absolute Gasteiger partial charge is 0.495 e. The van der Waals surface area contributed by atoms with E-state index < -0.39 is 22.1 Å². The van der Waals surface area contributed by atoms with E-state index in [1.54, 1.807) is 0 Å². The molecule has 144 valence electrons. The molecule has 0 spiro atoms. The number of rotatable bonds is 6. The number of nitrogens with zero attached hydrogens (tertiary/aromatic N) is 2. The molecule has 9 nitrogen and oxygen atoms in total. The molecule has 1 aliphatic heterocycles. The molecule has 1 saturated heterocycles. The van der Waals surface area contributed by atoms with E-state index in [9.17, 15) is 18.0 Å². The minimum absolute atomic E-state index is 0.105. The summed E-state index contributed by atoms with van der Waals surface area (Å²) in [4.78, 5) is 24.9. The number of methoxy groups -OCH3 is 1. The summed E-state index contributed by atoms with van der Waals surface area (Å²) < 4.78 is 36.4. The zero-order chi connectivity index (χ0) is 19.5. The number of benzene rings is 1. The van der Waals surface area contributed by atoms with E-state index in [2.05, 4.69) is 0 Å². The van der Waals surface area contributed by atoms with Crippen LogP contribution in [-0.2, 0) is 19.6 Å². The summed E-state index contributed by atoms with van der Waals surface area (Å²) in [6, 6.07) is 4.19. The van der Waals surface area contributed by atoms with Crippen LogP contribution >= 0.6 is 0 Å². The van der Waals surface area contributed by atoms with Crippen molar-refractivity contribution in [2.75, 3.05) is 40.9 Å². The molecule has 0 aliphatic carbocycles. The average molecular weight is 386 g/mol. The number of sulfonamides is 1. The minimum Gasteiger partial charge on any atom is -0.495 e. The van der Waals surface area contributed by atoms with Crippen LogP contribution < -0.4 is 4.74 Å². The highest BCUT2D eigenvalue weighted by Crippen LogP contribution is 2.27. The Kier molecular flexibility index (Phi) is 6.21.